The number of carbonyl (C=O) groups is 1. The minimum atomic E-state index is -4.78. The third-order valence-electron chi connectivity index (χ3n) is 4.55. The van der Waals surface area contributed by atoms with Gasteiger partial charge in [-0.25, -0.2) is 0 Å². The van der Waals surface area contributed by atoms with Crippen molar-refractivity contribution in [3.05, 3.63) is 58.7 Å². The second kappa shape index (κ2) is 8.03. The molecule has 0 aliphatic carbocycles. The zero-order valence-electron chi connectivity index (χ0n) is 15.7. The first-order valence-electron chi connectivity index (χ1n) is 8.80. The van der Waals surface area contributed by atoms with Crippen molar-refractivity contribution in [2.24, 2.45) is 0 Å². The van der Waals surface area contributed by atoms with Crippen LogP contribution in [0, 0.1) is 0 Å². The molecule has 27 heavy (non-hydrogen) atoms. The summed E-state index contributed by atoms with van der Waals surface area (Å²) >= 11 is 0. The molecule has 0 aliphatic rings. The van der Waals surface area contributed by atoms with Crippen molar-refractivity contribution in [2.45, 2.75) is 52.3 Å². The highest BCUT2D eigenvalue weighted by atomic mass is 19.4. The number of alkyl halides is 3. The van der Waals surface area contributed by atoms with E-state index in [4.69, 9.17) is 0 Å². The molecule has 1 unspecified atom stereocenters. The van der Waals surface area contributed by atoms with E-state index in [1.807, 2.05) is 27.7 Å². The smallest absolute Gasteiger partial charge is 0.507 e. The number of hydrogen-bond acceptors (Lipinski definition) is 3. The number of hydrogen-bond donors (Lipinski definition) is 1. The summed E-state index contributed by atoms with van der Waals surface area (Å²) in [5.41, 5.74) is 2.02. The molecule has 0 saturated heterocycles. The number of carbonyl (C=O) groups excluding carboxylic acids is 1. The third kappa shape index (κ3) is 5.02. The molecule has 0 amide bonds. The highest BCUT2D eigenvalue weighted by molar-refractivity contribution is 6.09. The maximum absolute atomic E-state index is 12.8. The first-order valence-corrected chi connectivity index (χ1v) is 8.80. The Kier molecular flexibility index (Phi) is 6.19. The second-order valence-corrected chi connectivity index (χ2v) is 6.87. The standard InChI is InChI=1S/C21H23F3O3/c1-5-13(4)18-11-15(10-17(12(2)3)20(18)26)19(25)14-6-8-16(9-7-14)27-21(22,23)24/h6-13,26H,5H2,1-4H3. The van der Waals surface area contributed by atoms with Crippen LogP contribution in [0.4, 0.5) is 13.2 Å². The molecule has 0 heterocycles. The number of aromatic hydroxyl groups is 1. The van der Waals surface area contributed by atoms with Crippen molar-refractivity contribution < 1.29 is 27.8 Å². The number of ether oxygens (including phenoxy) is 1. The molecule has 0 radical (unpaired) electrons. The minimum absolute atomic E-state index is 0.0168. The molecule has 0 fully saturated rings. The van der Waals surface area contributed by atoms with Gasteiger partial charge >= 0.3 is 6.36 Å². The maximum atomic E-state index is 12.8. The number of benzene rings is 2. The average molecular weight is 380 g/mol. The maximum Gasteiger partial charge on any atom is 0.573 e. The fraction of sp³-hybridized carbons (Fsp3) is 0.381. The topological polar surface area (TPSA) is 46.5 Å². The van der Waals surface area contributed by atoms with Crippen molar-refractivity contribution in [3.63, 3.8) is 0 Å². The van der Waals surface area contributed by atoms with Gasteiger partial charge in [0.15, 0.2) is 5.78 Å². The van der Waals surface area contributed by atoms with Crippen LogP contribution < -0.4 is 4.74 Å². The van der Waals surface area contributed by atoms with Crippen molar-refractivity contribution in [1.29, 1.82) is 0 Å². The normalized spacial score (nSPS) is 12.9. The molecule has 3 nitrogen and oxygen atoms in total. The van der Waals surface area contributed by atoms with E-state index < -0.39 is 6.36 Å². The lowest BCUT2D eigenvalue weighted by molar-refractivity contribution is -0.274. The van der Waals surface area contributed by atoms with E-state index in [1.165, 1.54) is 12.1 Å². The van der Waals surface area contributed by atoms with Crippen LogP contribution in [-0.2, 0) is 0 Å². The molecular weight excluding hydrogens is 357 g/mol. The fourth-order valence-corrected chi connectivity index (χ4v) is 2.82. The van der Waals surface area contributed by atoms with Gasteiger partial charge in [0.25, 0.3) is 0 Å². The number of phenolic OH excluding ortho intramolecular Hbond substituents is 1. The number of phenols is 1. The lowest BCUT2D eigenvalue weighted by atomic mass is 9.88. The first-order chi connectivity index (χ1) is 12.5. The lowest BCUT2D eigenvalue weighted by Crippen LogP contribution is -2.17. The second-order valence-electron chi connectivity index (χ2n) is 6.87. The molecule has 0 saturated carbocycles. The van der Waals surface area contributed by atoms with Gasteiger partial charge in [-0.1, -0.05) is 27.7 Å². The highest BCUT2D eigenvalue weighted by Gasteiger charge is 2.31. The summed E-state index contributed by atoms with van der Waals surface area (Å²) in [6.07, 6.45) is -3.98. The largest absolute Gasteiger partial charge is 0.573 e. The summed E-state index contributed by atoms with van der Waals surface area (Å²) in [6.45, 7) is 7.81. The van der Waals surface area contributed by atoms with Crippen LogP contribution in [0.25, 0.3) is 0 Å². The van der Waals surface area contributed by atoms with Gasteiger partial charge < -0.3 is 9.84 Å². The molecular formula is C21H23F3O3. The Hall–Kier alpha value is -2.50. The summed E-state index contributed by atoms with van der Waals surface area (Å²) in [5.74, 6) is -0.418. The Morgan fingerprint density at radius 1 is 1.04 bits per heavy atom. The van der Waals surface area contributed by atoms with Gasteiger partial charge in [0, 0.05) is 11.1 Å². The third-order valence-corrected chi connectivity index (χ3v) is 4.55. The Balaban J connectivity index is 2.42. The molecule has 6 heteroatoms. The first kappa shape index (κ1) is 20.8. The molecule has 1 atom stereocenters. The predicted octanol–water partition coefficient (Wildman–Crippen LogP) is 6.16. The van der Waals surface area contributed by atoms with Crippen LogP contribution in [0.15, 0.2) is 36.4 Å². The molecule has 0 aromatic heterocycles. The van der Waals surface area contributed by atoms with Crippen LogP contribution in [0.3, 0.4) is 0 Å². The summed E-state index contributed by atoms with van der Waals surface area (Å²) < 4.78 is 40.6. The average Bonchev–Trinajstić information content (AvgIpc) is 2.59. The molecule has 0 aliphatic heterocycles. The van der Waals surface area contributed by atoms with Crippen molar-refractivity contribution in [1.82, 2.24) is 0 Å². The van der Waals surface area contributed by atoms with Crippen LogP contribution in [0.1, 0.15) is 73.0 Å². The molecule has 0 spiro atoms. The fourth-order valence-electron chi connectivity index (χ4n) is 2.82. The summed E-state index contributed by atoms with van der Waals surface area (Å²) in [5, 5.41) is 10.5. The number of rotatable bonds is 6. The molecule has 1 N–H and O–H groups in total. The van der Waals surface area contributed by atoms with E-state index >= 15 is 0 Å². The molecule has 2 rings (SSSR count). The van der Waals surface area contributed by atoms with E-state index in [9.17, 15) is 23.1 Å². The summed E-state index contributed by atoms with van der Waals surface area (Å²) in [4.78, 5) is 12.8. The van der Waals surface area contributed by atoms with Gasteiger partial charge in [0.2, 0.25) is 0 Å². The van der Waals surface area contributed by atoms with Gasteiger partial charge in [-0.3, -0.25) is 4.79 Å². The van der Waals surface area contributed by atoms with Gasteiger partial charge in [0.05, 0.1) is 0 Å². The molecule has 2 aromatic carbocycles. The van der Waals surface area contributed by atoms with E-state index in [1.54, 1.807) is 12.1 Å². The zero-order chi connectivity index (χ0) is 20.4. The van der Waals surface area contributed by atoms with Crippen LogP contribution >= 0.6 is 0 Å². The van der Waals surface area contributed by atoms with Crippen LogP contribution in [0.2, 0.25) is 0 Å². The zero-order valence-corrected chi connectivity index (χ0v) is 15.7. The van der Waals surface area contributed by atoms with Crippen molar-refractivity contribution >= 4 is 5.78 Å². The van der Waals surface area contributed by atoms with E-state index in [0.717, 1.165) is 18.6 Å². The van der Waals surface area contributed by atoms with E-state index in [-0.39, 0.29) is 34.7 Å². The molecule has 0 bridgehead atoms. The Bertz CT molecular complexity index is 809. The lowest BCUT2D eigenvalue weighted by Gasteiger charge is -2.18. The van der Waals surface area contributed by atoms with Gasteiger partial charge in [-0.15, -0.1) is 13.2 Å². The minimum Gasteiger partial charge on any atom is -0.507 e. The quantitative estimate of drug-likeness (QED) is 0.611. The van der Waals surface area contributed by atoms with E-state index in [0.29, 0.717) is 16.7 Å². The summed E-state index contributed by atoms with van der Waals surface area (Å²) in [6, 6.07) is 8.13. The van der Waals surface area contributed by atoms with Crippen LogP contribution in [0.5, 0.6) is 11.5 Å². The number of ketones is 1. The van der Waals surface area contributed by atoms with Gasteiger partial charge in [-0.05, 0) is 65.8 Å². The van der Waals surface area contributed by atoms with Crippen molar-refractivity contribution in [3.8, 4) is 11.5 Å². The van der Waals surface area contributed by atoms with E-state index in [2.05, 4.69) is 4.74 Å². The molecule has 2 aromatic rings. The predicted molar refractivity (Wildman–Crippen MR) is 97.5 cm³/mol. The SMILES string of the molecule is CCC(C)c1cc(C(=O)c2ccc(OC(F)(F)F)cc2)cc(C(C)C)c1O. The summed E-state index contributed by atoms with van der Waals surface area (Å²) in [7, 11) is 0. The van der Waals surface area contributed by atoms with Crippen molar-refractivity contribution in [2.75, 3.05) is 0 Å². The highest BCUT2D eigenvalue weighted by Crippen LogP contribution is 2.36. The van der Waals surface area contributed by atoms with Crippen LogP contribution in [-0.4, -0.2) is 17.3 Å². The Morgan fingerprint density at radius 2 is 1.59 bits per heavy atom. The van der Waals surface area contributed by atoms with Gasteiger partial charge in [0.1, 0.15) is 11.5 Å². The van der Waals surface area contributed by atoms with Gasteiger partial charge in [-0.2, -0.15) is 0 Å². The monoisotopic (exact) mass is 380 g/mol. The number of halogens is 3. The Labute approximate surface area is 156 Å². The molecule has 146 valence electrons. The Morgan fingerprint density at radius 3 is 2.07 bits per heavy atom.